The van der Waals surface area contributed by atoms with Gasteiger partial charge in [0.25, 0.3) is 0 Å². The quantitative estimate of drug-likeness (QED) is 0.0493. The van der Waals surface area contributed by atoms with Gasteiger partial charge in [-0.15, -0.1) is 0 Å². The van der Waals surface area contributed by atoms with Crippen LogP contribution in [0, 0.1) is 6.92 Å². The third-order valence-corrected chi connectivity index (χ3v) is 7.30. The van der Waals surface area contributed by atoms with Crippen LogP contribution in [-0.2, 0) is 0 Å². The highest BCUT2D eigenvalue weighted by atomic mass is 32.1. The first-order valence-corrected chi connectivity index (χ1v) is 14.4. The molecule has 1 aromatic heterocycles. The second-order valence-corrected chi connectivity index (χ2v) is 10.6. The van der Waals surface area contributed by atoms with Gasteiger partial charge in [0, 0.05) is 52.7 Å². The molecule has 0 radical (unpaired) electrons. The Bertz CT molecular complexity index is 1490. The minimum atomic E-state index is 0.285. The van der Waals surface area contributed by atoms with Crippen molar-refractivity contribution in [1.82, 2.24) is 9.71 Å². The Morgan fingerprint density at radius 2 is 1.90 bits per heavy atom. The zero-order chi connectivity index (χ0) is 29.9. The number of hydrogen-bond donors (Lipinski definition) is 6. The Hall–Kier alpha value is -3.94. The molecular weight excluding hydrogens is 524 g/mol. The number of nitrogens with two attached hydrogens (primary N) is 2. The topological polar surface area (TPSA) is 104 Å². The zero-order valence-electron chi connectivity index (χ0n) is 24.6. The minimum Gasteiger partial charge on any atom is -0.404 e. The summed E-state index contributed by atoms with van der Waals surface area (Å²) in [6.07, 6.45) is 15.5. The van der Waals surface area contributed by atoms with Gasteiger partial charge in [-0.25, -0.2) is 4.99 Å². The Balaban J connectivity index is 1.89. The maximum atomic E-state index is 6.58. The number of hydrogen-bond acceptors (Lipinski definition) is 5. The number of H-pyrrole nitrogens is 1. The number of fused-ring (bicyclic) bond motifs is 1. The molecule has 7 heteroatoms. The average molecular weight is 569 g/mol. The van der Waals surface area contributed by atoms with Gasteiger partial charge in [0.1, 0.15) is 5.84 Å². The Morgan fingerprint density at radius 1 is 1.15 bits per heavy atom. The molecule has 0 fully saturated rings. The summed E-state index contributed by atoms with van der Waals surface area (Å²) < 4.78 is 2.89. The molecule has 6 nitrogen and oxygen atoms in total. The third kappa shape index (κ3) is 8.28. The number of aromatic amines is 1. The summed E-state index contributed by atoms with van der Waals surface area (Å²) in [7, 11) is 0. The molecule has 0 saturated heterocycles. The molecule has 0 spiro atoms. The number of aromatic nitrogens is 1. The highest BCUT2D eigenvalue weighted by Gasteiger charge is 2.16. The molecule has 0 aliphatic heterocycles. The molecule has 0 bridgehead atoms. The molecule has 216 valence electrons. The van der Waals surface area contributed by atoms with E-state index in [4.69, 9.17) is 16.5 Å². The number of nitrogens with zero attached hydrogens (tertiary/aromatic N) is 1. The molecule has 3 rings (SSSR count). The van der Waals surface area contributed by atoms with Crippen molar-refractivity contribution >= 4 is 40.8 Å². The van der Waals surface area contributed by atoms with Gasteiger partial charge in [-0.1, -0.05) is 68.8 Å². The fourth-order valence-electron chi connectivity index (χ4n) is 4.83. The average Bonchev–Trinajstić information content (AvgIpc) is 3.35. The molecule has 0 amide bonds. The van der Waals surface area contributed by atoms with Crippen LogP contribution in [0.2, 0.25) is 0 Å². The number of anilines is 1. The summed E-state index contributed by atoms with van der Waals surface area (Å²) in [4.78, 5) is 8.31. The van der Waals surface area contributed by atoms with Crippen LogP contribution in [0.25, 0.3) is 16.5 Å². The molecule has 1 aliphatic rings. The van der Waals surface area contributed by atoms with Crippen molar-refractivity contribution in [2.75, 3.05) is 18.4 Å². The summed E-state index contributed by atoms with van der Waals surface area (Å²) in [5.41, 5.74) is 22.8. The number of allylic oxidation sites excluding steroid dienone is 9. The molecule has 1 heterocycles. The minimum absolute atomic E-state index is 0.285. The summed E-state index contributed by atoms with van der Waals surface area (Å²) >= 11 is 4.04. The fraction of sp³-hybridized carbons (Fsp3) is 0.265. The van der Waals surface area contributed by atoms with Gasteiger partial charge in [0.15, 0.2) is 0 Å². The smallest absolute Gasteiger partial charge is 0.133 e. The van der Waals surface area contributed by atoms with Crippen molar-refractivity contribution in [3.05, 3.63) is 119 Å². The van der Waals surface area contributed by atoms with Crippen LogP contribution in [-0.4, -0.2) is 23.9 Å². The van der Waals surface area contributed by atoms with Gasteiger partial charge in [-0.3, -0.25) is 4.72 Å². The molecule has 7 N–H and O–H groups in total. The Labute approximate surface area is 250 Å². The second-order valence-electron chi connectivity index (χ2n) is 10.3. The summed E-state index contributed by atoms with van der Waals surface area (Å²) in [5, 5.41) is 4.66. The number of rotatable bonds is 13. The SMILES string of the molecule is C=C/C1=C(\C=C/C)/C=C(N=C(N)C(=CN)C(=C)c2cc3cc(C)c(NCCCCCNS)cc3[nH]2)\C(C)=C/C(=C)C1. The lowest BCUT2D eigenvalue weighted by atomic mass is 9.94. The van der Waals surface area contributed by atoms with E-state index in [1.54, 1.807) is 0 Å². The summed E-state index contributed by atoms with van der Waals surface area (Å²) in [6, 6.07) is 6.39. The maximum Gasteiger partial charge on any atom is 0.133 e. The monoisotopic (exact) mass is 568 g/mol. The van der Waals surface area contributed by atoms with Crippen LogP contribution in [0.5, 0.6) is 0 Å². The zero-order valence-corrected chi connectivity index (χ0v) is 25.5. The molecule has 0 unspecified atom stereocenters. The lowest BCUT2D eigenvalue weighted by Crippen LogP contribution is -2.18. The lowest BCUT2D eigenvalue weighted by Gasteiger charge is -2.15. The molecular formula is C34H44N6S. The van der Waals surface area contributed by atoms with E-state index in [0.717, 1.165) is 89.0 Å². The van der Waals surface area contributed by atoms with Crippen molar-refractivity contribution < 1.29 is 0 Å². The van der Waals surface area contributed by atoms with E-state index in [1.807, 2.05) is 44.2 Å². The fourth-order valence-corrected chi connectivity index (χ4v) is 4.99. The van der Waals surface area contributed by atoms with Crippen molar-refractivity contribution in [1.29, 1.82) is 0 Å². The van der Waals surface area contributed by atoms with Crippen LogP contribution in [0.3, 0.4) is 0 Å². The first kappa shape index (κ1) is 31.6. The number of nitrogens with one attached hydrogen (secondary N) is 3. The third-order valence-electron chi connectivity index (χ3n) is 7.08. The largest absolute Gasteiger partial charge is 0.404 e. The van der Waals surface area contributed by atoms with Gasteiger partial charge in [-0.05, 0) is 86.6 Å². The number of aryl methyl sites for hydroxylation is 1. The number of aliphatic imine (C=N–C) groups is 1. The van der Waals surface area contributed by atoms with Gasteiger partial charge >= 0.3 is 0 Å². The van der Waals surface area contributed by atoms with E-state index < -0.39 is 0 Å². The second kappa shape index (κ2) is 15.2. The van der Waals surface area contributed by atoms with Gasteiger partial charge in [-0.2, -0.15) is 0 Å². The van der Waals surface area contributed by atoms with E-state index in [-0.39, 0.29) is 5.84 Å². The van der Waals surface area contributed by atoms with Gasteiger partial charge in [0.05, 0.1) is 5.70 Å². The first-order chi connectivity index (χ1) is 19.7. The van der Waals surface area contributed by atoms with Gasteiger partial charge in [0.2, 0.25) is 0 Å². The lowest BCUT2D eigenvalue weighted by molar-refractivity contribution is 0.693. The predicted molar refractivity (Wildman–Crippen MR) is 183 cm³/mol. The Morgan fingerprint density at radius 3 is 2.59 bits per heavy atom. The predicted octanol–water partition coefficient (Wildman–Crippen LogP) is 7.55. The van der Waals surface area contributed by atoms with E-state index in [0.29, 0.717) is 11.1 Å². The molecule has 41 heavy (non-hydrogen) atoms. The van der Waals surface area contributed by atoms with Crippen LogP contribution in [0.1, 0.15) is 50.8 Å². The Kier molecular flexibility index (Phi) is 11.7. The van der Waals surface area contributed by atoms with Crippen molar-refractivity contribution in [2.45, 2.75) is 46.5 Å². The number of benzene rings is 1. The highest BCUT2D eigenvalue weighted by Crippen LogP contribution is 2.30. The molecule has 0 saturated carbocycles. The summed E-state index contributed by atoms with van der Waals surface area (Å²) in [6.45, 7) is 20.5. The maximum absolute atomic E-state index is 6.58. The van der Waals surface area contributed by atoms with Crippen LogP contribution in [0.15, 0.2) is 113 Å². The standard InChI is InChI=1S/C34H44N6S/c1-7-12-27-18-31(23(4)15-22(3)16-26(27)8-2)40-34(36)29(21-35)25(6)32-19-28-17-24(5)30(20-33(28)39-32)37-13-10-9-11-14-38-41/h7-8,12,15,17-21,37-39,41H,2-3,6,9-11,13-14,16,35H2,1,4-5H3,(H2,36,40)/b12-7-,23-15-,27-26-,29-21?,31-18+. The highest BCUT2D eigenvalue weighted by molar-refractivity contribution is 7.78. The van der Waals surface area contributed by atoms with Crippen LogP contribution < -0.4 is 21.5 Å². The normalized spacial score (nSPS) is 19.5. The number of amidine groups is 1. The molecule has 1 aromatic carbocycles. The van der Waals surface area contributed by atoms with E-state index >= 15 is 0 Å². The van der Waals surface area contributed by atoms with Crippen molar-refractivity contribution in [2.24, 2.45) is 16.5 Å². The van der Waals surface area contributed by atoms with E-state index in [9.17, 15) is 0 Å². The number of thiol groups is 1. The van der Waals surface area contributed by atoms with Crippen LogP contribution >= 0.6 is 12.8 Å². The number of unbranched alkanes of at least 4 members (excludes halogenated alkanes) is 2. The van der Waals surface area contributed by atoms with E-state index in [1.165, 1.54) is 11.8 Å². The van der Waals surface area contributed by atoms with Crippen molar-refractivity contribution in [3.8, 4) is 0 Å². The van der Waals surface area contributed by atoms with E-state index in [2.05, 4.69) is 72.7 Å². The first-order valence-electron chi connectivity index (χ1n) is 14.0. The molecule has 1 aliphatic carbocycles. The summed E-state index contributed by atoms with van der Waals surface area (Å²) in [5.74, 6) is 0.285. The van der Waals surface area contributed by atoms with Crippen LogP contribution in [0.4, 0.5) is 5.69 Å². The van der Waals surface area contributed by atoms with Gasteiger partial charge < -0.3 is 21.8 Å². The van der Waals surface area contributed by atoms with Crippen molar-refractivity contribution in [3.63, 3.8) is 0 Å². The molecule has 0 atom stereocenters. The molecule has 2 aromatic rings.